The Morgan fingerprint density at radius 2 is 1.88 bits per heavy atom. The summed E-state index contributed by atoms with van der Waals surface area (Å²) < 4.78 is 5.15. The summed E-state index contributed by atoms with van der Waals surface area (Å²) in [5.74, 6) is 0.460. The Balaban J connectivity index is 1.62. The van der Waals surface area contributed by atoms with Crippen LogP contribution in [0.4, 0.5) is 5.69 Å². The van der Waals surface area contributed by atoms with Gasteiger partial charge in [-0.05, 0) is 73.5 Å². The number of aryl methyl sites for hydroxylation is 2. The van der Waals surface area contributed by atoms with E-state index in [0.29, 0.717) is 5.76 Å². The van der Waals surface area contributed by atoms with Crippen LogP contribution in [0, 0.1) is 13.8 Å². The van der Waals surface area contributed by atoms with Crippen LogP contribution in [-0.2, 0) is 4.79 Å². The second-order valence-corrected chi connectivity index (χ2v) is 6.85. The van der Waals surface area contributed by atoms with E-state index in [4.69, 9.17) is 4.42 Å². The second-order valence-electron chi connectivity index (χ2n) is 5.73. The molecule has 1 heterocycles. The fourth-order valence-electron chi connectivity index (χ4n) is 2.28. The molecule has 1 N–H and O–H groups in total. The summed E-state index contributed by atoms with van der Waals surface area (Å²) in [4.78, 5) is 14.3. The van der Waals surface area contributed by atoms with Crippen molar-refractivity contribution < 1.29 is 9.21 Å². The Morgan fingerprint density at radius 1 is 1.08 bits per heavy atom. The third-order valence-electron chi connectivity index (χ3n) is 3.64. The Labute approximate surface area is 151 Å². The molecule has 4 heteroatoms. The van der Waals surface area contributed by atoms with Gasteiger partial charge in [0, 0.05) is 21.6 Å². The molecule has 126 valence electrons. The van der Waals surface area contributed by atoms with Gasteiger partial charge in [0.25, 0.3) is 0 Å². The average Bonchev–Trinajstić information content (AvgIpc) is 3.12. The molecule has 0 unspecified atom stereocenters. The first-order chi connectivity index (χ1) is 12.1. The largest absolute Gasteiger partial charge is 0.465 e. The summed E-state index contributed by atoms with van der Waals surface area (Å²) in [6, 6.07) is 17.9. The number of amides is 1. The molecule has 0 atom stereocenters. The number of furan rings is 1. The van der Waals surface area contributed by atoms with Crippen LogP contribution in [0.3, 0.4) is 0 Å². The summed E-state index contributed by atoms with van der Waals surface area (Å²) >= 11 is 1.73. The van der Waals surface area contributed by atoms with Gasteiger partial charge in [-0.2, -0.15) is 0 Å². The van der Waals surface area contributed by atoms with Gasteiger partial charge in [-0.1, -0.05) is 23.9 Å². The predicted molar refractivity (Wildman–Crippen MR) is 103 cm³/mol. The topological polar surface area (TPSA) is 42.2 Å². The van der Waals surface area contributed by atoms with Crippen LogP contribution >= 0.6 is 11.8 Å². The van der Waals surface area contributed by atoms with Crippen LogP contribution < -0.4 is 5.32 Å². The van der Waals surface area contributed by atoms with Crippen molar-refractivity contribution in [2.45, 2.75) is 23.6 Å². The molecule has 2 aromatic carbocycles. The number of hydrogen-bond donors (Lipinski definition) is 1. The van der Waals surface area contributed by atoms with Crippen molar-refractivity contribution in [3.8, 4) is 0 Å². The lowest BCUT2D eigenvalue weighted by atomic mass is 10.2. The molecule has 3 rings (SSSR count). The van der Waals surface area contributed by atoms with Crippen LogP contribution in [0.15, 0.2) is 81.1 Å². The first kappa shape index (κ1) is 17.1. The number of carbonyl (C=O) groups excluding carboxylic acids is 1. The van der Waals surface area contributed by atoms with E-state index in [-0.39, 0.29) is 5.91 Å². The number of nitrogens with one attached hydrogen (secondary N) is 1. The fraction of sp³-hybridized carbons (Fsp3) is 0.0952. The molecule has 3 aromatic rings. The minimum absolute atomic E-state index is 0.189. The molecule has 3 nitrogen and oxygen atoms in total. The van der Waals surface area contributed by atoms with Crippen molar-refractivity contribution >= 4 is 29.4 Å². The second kappa shape index (κ2) is 7.90. The minimum Gasteiger partial charge on any atom is -0.465 e. The van der Waals surface area contributed by atoms with E-state index in [0.717, 1.165) is 10.6 Å². The normalized spacial score (nSPS) is 11.0. The van der Waals surface area contributed by atoms with Gasteiger partial charge in [0.15, 0.2) is 0 Å². The molecule has 25 heavy (non-hydrogen) atoms. The Kier molecular flexibility index (Phi) is 5.41. The van der Waals surface area contributed by atoms with Crippen LogP contribution in [0.2, 0.25) is 0 Å². The van der Waals surface area contributed by atoms with Gasteiger partial charge < -0.3 is 9.73 Å². The highest BCUT2D eigenvalue weighted by molar-refractivity contribution is 7.99. The van der Waals surface area contributed by atoms with Crippen LogP contribution in [0.25, 0.3) is 6.08 Å². The zero-order chi connectivity index (χ0) is 17.6. The predicted octanol–water partition coefficient (Wildman–Crippen LogP) is 5.70. The lowest BCUT2D eigenvalue weighted by Gasteiger charge is -2.08. The highest BCUT2D eigenvalue weighted by atomic mass is 32.2. The van der Waals surface area contributed by atoms with E-state index in [1.54, 1.807) is 36.2 Å². The molecule has 0 saturated carbocycles. The van der Waals surface area contributed by atoms with E-state index < -0.39 is 0 Å². The smallest absolute Gasteiger partial charge is 0.248 e. The van der Waals surface area contributed by atoms with E-state index in [1.807, 2.05) is 24.3 Å². The third kappa shape index (κ3) is 4.88. The molecule has 0 aliphatic heterocycles. The number of benzene rings is 2. The van der Waals surface area contributed by atoms with Crippen molar-refractivity contribution in [2.75, 3.05) is 5.32 Å². The molecule has 0 saturated heterocycles. The lowest BCUT2D eigenvalue weighted by molar-refractivity contribution is -0.111. The molecule has 0 aliphatic rings. The molecule has 0 fully saturated rings. The lowest BCUT2D eigenvalue weighted by Crippen LogP contribution is -2.07. The summed E-state index contributed by atoms with van der Waals surface area (Å²) in [7, 11) is 0. The molecule has 1 aromatic heterocycles. The Morgan fingerprint density at radius 3 is 2.60 bits per heavy atom. The number of hydrogen-bond acceptors (Lipinski definition) is 3. The number of carbonyl (C=O) groups is 1. The SMILES string of the molecule is Cc1ccc(C)c(Sc2ccc(NC(=O)/C=C/c3ccco3)cc2)c1. The molecular formula is C21H19NO2S. The summed E-state index contributed by atoms with van der Waals surface area (Å²) in [6.45, 7) is 4.21. The van der Waals surface area contributed by atoms with Crippen LogP contribution in [0.1, 0.15) is 16.9 Å². The third-order valence-corrected chi connectivity index (χ3v) is 4.80. The first-order valence-electron chi connectivity index (χ1n) is 7.98. The zero-order valence-electron chi connectivity index (χ0n) is 14.2. The zero-order valence-corrected chi connectivity index (χ0v) is 15.0. The van der Waals surface area contributed by atoms with Crippen molar-refractivity contribution in [1.29, 1.82) is 0 Å². The van der Waals surface area contributed by atoms with Crippen molar-refractivity contribution in [2.24, 2.45) is 0 Å². The molecule has 1 amide bonds. The van der Waals surface area contributed by atoms with E-state index >= 15 is 0 Å². The van der Waals surface area contributed by atoms with Gasteiger partial charge in [-0.3, -0.25) is 4.79 Å². The molecular weight excluding hydrogens is 330 g/mol. The molecule has 0 radical (unpaired) electrons. The number of rotatable bonds is 5. The van der Waals surface area contributed by atoms with Gasteiger partial charge in [0.05, 0.1) is 6.26 Å². The van der Waals surface area contributed by atoms with Gasteiger partial charge >= 0.3 is 0 Å². The summed E-state index contributed by atoms with van der Waals surface area (Å²) in [5.41, 5.74) is 3.27. The van der Waals surface area contributed by atoms with Crippen molar-refractivity contribution in [3.63, 3.8) is 0 Å². The number of anilines is 1. The summed E-state index contributed by atoms with van der Waals surface area (Å²) in [6.07, 6.45) is 4.67. The molecule has 0 spiro atoms. The molecule has 0 bridgehead atoms. The Bertz CT molecular complexity index is 881. The standard InChI is InChI=1S/C21H19NO2S/c1-15-5-6-16(2)20(14-15)25-19-10-7-17(8-11-19)22-21(23)12-9-18-4-3-13-24-18/h3-14H,1-2H3,(H,22,23)/b12-9+. The highest BCUT2D eigenvalue weighted by Crippen LogP contribution is 2.31. The molecule has 0 aliphatic carbocycles. The average molecular weight is 349 g/mol. The van der Waals surface area contributed by atoms with Crippen LogP contribution in [-0.4, -0.2) is 5.91 Å². The van der Waals surface area contributed by atoms with Gasteiger partial charge in [-0.25, -0.2) is 0 Å². The van der Waals surface area contributed by atoms with Gasteiger partial charge in [-0.15, -0.1) is 0 Å². The van der Waals surface area contributed by atoms with Crippen LogP contribution in [0.5, 0.6) is 0 Å². The van der Waals surface area contributed by atoms with E-state index in [9.17, 15) is 4.79 Å². The minimum atomic E-state index is -0.189. The fourth-order valence-corrected chi connectivity index (χ4v) is 3.28. The van der Waals surface area contributed by atoms with Gasteiger partial charge in [0.2, 0.25) is 5.91 Å². The van der Waals surface area contributed by atoms with E-state index in [2.05, 4.69) is 37.4 Å². The van der Waals surface area contributed by atoms with Crippen molar-refractivity contribution in [1.82, 2.24) is 0 Å². The van der Waals surface area contributed by atoms with Gasteiger partial charge in [0.1, 0.15) is 5.76 Å². The maximum atomic E-state index is 11.9. The van der Waals surface area contributed by atoms with Crippen molar-refractivity contribution in [3.05, 3.63) is 83.8 Å². The maximum Gasteiger partial charge on any atom is 0.248 e. The Hall–Kier alpha value is -2.72. The first-order valence-corrected chi connectivity index (χ1v) is 8.79. The summed E-state index contributed by atoms with van der Waals surface area (Å²) in [5, 5.41) is 2.84. The quantitative estimate of drug-likeness (QED) is 0.601. The van der Waals surface area contributed by atoms with E-state index in [1.165, 1.54) is 22.1 Å². The highest BCUT2D eigenvalue weighted by Gasteiger charge is 2.03. The maximum absolute atomic E-state index is 11.9. The monoisotopic (exact) mass is 349 g/mol.